The average Bonchev–Trinajstić information content (AvgIpc) is 2.72. The highest BCUT2D eigenvalue weighted by Gasteiger charge is 2.21. The molecule has 2 aromatic rings. The standard InChI is InChI=1S/C14H17N3/c1-9(2)15-14-12-8-7-10-5-3-4-6-11(10)13(12)16-17-14/h3-6,9H,7-8H2,1-2H3,(H2,15,16,17). The first-order chi connectivity index (χ1) is 8.25. The van der Waals surface area contributed by atoms with Gasteiger partial charge >= 0.3 is 0 Å². The maximum absolute atomic E-state index is 4.40. The number of nitrogens with zero attached hydrogens (tertiary/aromatic N) is 1. The number of nitrogens with one attached hydrogen (secondary N) is 2. The summed E-state index contributed by atoms with van der Waals surface area (Å²) in [5.41, 5.74) is 5.24. The van der Waals surface area contributed by atoms with E-state index in [0.717, 1.165) is 18.7 Å². The van der Waals surface area contributed by atoms with Crippen LogP contribution >= 0.6 is 0 Å². The van der Waals surface area contributed by atoms with Gasteiger partial charge in [-0.25, -0.2) is 0 Å². The van der Waals surface area contributed by atoms with Gasteiger partial charge in [0.1, 0.15) is 0 Å². The number of hydrogen-bond acceptors (Lipinski definition) is 2. The van der Waals surface area contributed by atoms with Crippen molar-refractivity contribution < 1.29 is 0 Å². The molecule has 1 aliphatic rings. The van der Waals surface area contributed by atoms with Gasteiger partial charge < -0.3 is 5.32 Å². The van der Waals surface area contributed by atoms with Gasteiger partial charge in [-0.05, 0) is 32.3 Å². The number of hydrogen-bond donors (Lipinski definition) is 2. The van der Waals surface area contributed by atoms with E-state index in [1.54, 1.807) is 0 Å². The van der Waals surface area contributed by atoms with Crippen LogP contribution in [0.3, 0.4) is 0 Å². The second-order valence-electron chi connectivity index (χ2n) is 4.88. The van der Waals surface area contributed by atoms with Crippen molar-refractivity contribution in [3.05, 3.63) is 35.4 Å². The molecule has 1 heterocycles. The molecule has 0 spiro atoms. The van der Waals surface area contributed by atoms with Crippen LogP contribution in [0, 0.1) is 0 Å². The summed E-state index contributed by atoms with van der Waals surface area (Å²) in [6.45, 7) is 4.27. The van der Waals surface area contributed by atoms with Gasteiger partial charge in [0.2, 0.25) is 0 Å². The van der Waals surface area contributed by atoms with Gasteiger partial charge in [0.15, 0.2) is 5.82 Å². The van der Waals surface area contributed by atoms with E-state index in [9.17, 15) is 0 Å². The molecule has 3 heteroatoms. The lowest BCUT2D eigenvalue weighted by Gasteiger charge is -2.17. The van der Waals surface area contributed by atoms with E-state index in [1.165, 1.54) is 22.4 Å². The Morgan fingerprint density at radius 3 is 2.88 bits per heavy atom. The normalized spacial score (nSPS) is 13.4. The molecule has 2 N–H and O–H groups in total. The van der Waals surface area contributed by atoms with E-state index < -0.39 is 0 Å². The molecule has 1 aliphatic carbocycles. The smallest absolute Gasteiger partial charge is 0.151 e. The van der Waals surface area contributed by atoms with Crippen LogP contribution in [-0.4, -0.2) is 16.2 Å². The highest BCUT2D eigenvalue weighted by molar-refractivity contribution is 5.74. The molecule has 17 heavy (non-hydrogen) atoms. The van der Waals surface area contributed by atoms with Gasteiger partial charge in [0.25, 0.3) is 0 Å². The fourth-order valence-electron chi connectivity index (χ4n) is 2.47. The third kappa shape index (κ3) is 1.71. The van der Waals surface area contributed by atoms with Crippen molar-refractivity contribution in [2.45, 2.75) is 32.7 Å². The Kier molecular flexibility index (Phi) is 2.39. The Labute approximate surface area is 101 Å². The summed E-state index contributed by atoms with van der Waals surface area (Å²) in [6, 6.07) is 8.98. The molecule has 0 bridgehead atoms. The number of fused-ring (bicyclic) bond motifs is 3. The number of anilines is 1. The lowest BCUT2D eigenvalue weighted by molar-refractivity contribution is 0.874. The van der Waals surface area contributed by atoms with Crippen LogP contribution < -0.4 is 5.32 Å². The summed E-state index contributed by atoms with van der Waals surface area (Å²) in [5.74, 6) is 1.02. The zero-order valence-electron chi connectivity index (χ0n) is 10.2. The Morgan fingerprint density at radius 1 is 1.24 bits per heavy atom. The Hall–Kier alpha value is -1.77. The first kappa shape index (κ1) is 10.4. The number of benzene rings is 1. The van der Waals surface area contributed by atoms with Crippen LogP contribution in [-0.2, 0) is 12.8 Å². The fraction of sp³-hybridized carbons (Fsp3) is 0.357. The van der Waals surface area contributed by atoms with Crippen molar-refractivity contribution in [1.82, 2.24) is 10.2 Å². The predicted octanol–water partition coefficient (Wildman–Crippen LogP) is 3.00. The van der Waals surface area contributed by atoms with Gasteiger partial charge in [-0.2, -0.15) is 5.10 Å². The van der Waals surface area contributed by atoms with Crippen molar-refractivity contribution >= 4 is 5.82 Å². The number of aryl methyl sites for hydroxylation is 1. The second-order valence-corrected chi connectivity index (χ2v) is 4.88. The van der Waals surface area contributed by atoms with Crippen molar-refractivity contribution in [2.75, 3.05) is 5.32 Å². The van der Waals surface area contributed by atoms with Gasteiger partial charge in [0, 0.05) is 17.2 Å². The largest absolute Gasteiger partial charge is 0.366 e. The molecule has 3 nitrogen and oxygen atoms in total. The lowest BCUT2D eigenvalue weighted by Crippen LogP contribution is -2.12. The van der Waals surface area contributed by atoms with E-state index in [0.29, 0.717) is 6.04 Å². The maximum atomic E-state index is 4.40. The number of aromatic nitrogens is 2. The van der Waals surface area contributed by atoms with Crippen LogP contribution in [0.4, 0.5) is 5.82 Å². The summed E-state index contributed by atoms with van der Waals surface area (Å²) in [7, 11) is 0. The molecule has 0 amide bonds. The van der Waals surface area contributed by atoms with Crippen LogP contribution in [0.1, 0.15) is 25.0 Å². The van der Waals surface area contributed by atoms with Crippen LogP contribution in [0.25, 0.3) is 11.3 Å². The molecule has 0 fully saturated rings. The SMILES string of the molecule is CC(C)Nc1n[nH]c2c1CCc1ccccc1-2. The molecular formula is C14H17N3. The van der Waals surface area contributed by atoms with Crippen molar-refractivity contribution in [2.24, 2.45) is 0 Å². The molecule has 88 valence electrons. The minimum atomic E-state index is 0.416. The second kappa shape index (κ2) is 3.91. The van der Waals surface area contributed by atoms with Crippen LogP contribution in [0.15, 0.2) is 24.3 Å². The summed E-state index contributed by atoms with van der Waals surface area (Å²) >= 11 is 0. The molecular weight excluding hydrogens is 210 g/mol. The fourth-order valence-corrected chi connectivity index (χ4v) is 2.47. The molecule has 0 unspecified atom stereocenters. The maximum Gasteiger partial charge on any atom is 0.151 e. The summed E-state index contributed by atoms with van der Waals surface area (Å²) in [5, 5.41) is 11.0. The topological polar surface area (TPSA) is 40.7 Å². The Bertz CT molecular complexity index is 540. The van der Waals surface area contributed by atoms with Gasteiger partial charge in [-0.3, -0.25) is 5.10 Å². The molecule has 0 atom stereocenters. The van der Waals surface area contributed by atoms with Crippen molar-refractivity contribution in [1.29, 1.82) is 0 Å². The van der Waals surface area contributed by atoms with E-state index in [1.807, 2.05) is 0 Å². The zero-order valence-corrected chi connectivity index (χ0v) is 10.2. The summed E-state index contributed by atoms with van der Waals surface area (Å²) in [6.07, 6.45) is 2.17. The van der Waals surface area contributed by atoms with E-state index >= 15 is 0 Å². The molecule has 0 aliphatic heterocycles. The van der Waals surface area contributed by atoms with Gasteiger partial charge in [-0.15, -0.1) is 0 Å². The molecule has 0 saturated carbocycles. The lowest BCUT2D eigenvalue weighted by atomic mass is 9.90. The molecule has 1 aromatic carbocycles. The number of H-pyrrole nitrogens is 1. The van der Waals surface area contributed by atoms with Crippen molar-refractivity contribution in [3.8, 4) is 11.3 Å². The molecule has 0 saturated heterocycles. The molecule has 3 rings (SSSR count). The number of rotatable bonds is 2. The summed E-state index contributed by atoms with van der Waals surface area (Å²) in [4.78, 5) is 0. The minimum Gasteiger partial charge on any atom is -0.366 e. The third-order valence-electron chi connectivity index (χ3n) is 3.22. The first-order valence-electron chi connectivity index (χ1n) is 6.18. The average molecular weight is 227 g/mol. The zero-order chi connectivity index (χ0) is 11.8. The van der Waals surface area contributed by atoms with E-state index in [2.05, 4.69) is 53.6 Å². The van der Waals surface area contributed by atoms with E-state index in [4.69, 9.17) is 0 Å². The predicted molar refractivity (Wildman–Crippen MR) is 70.2 cm³/mol. The third-order valence-corrected chi connectivity index (χ3v) is 3.22. The highest BCUT2D eigenvalue weighted by Crippen LogP contribution is 2.35. The van der Waals surface area contributed by atoms with Crippen LogP contribution in [0.2, 0.25) is 0 Å². The minimum absolute atomic E-state index is 0.416. The summed E-state index contributed by atoms with van der Waals surface area (Å²) < 4.78 is 0. The Balaban J connectivity index is 2.07. The monoisotopic (exact) mass is 227 g/mol. The first-order valence-corrected chi connectivity index (χ1v) is 6.18. The van der Waals surface area contributed by atoms with E-state index in [-0.39, 0.29) is 0 Å². The Morgan fingerprint density at radius 2 is 2.06 bits per heavy atom. The van der Waals surface area contributed by atoms with Gasteiger partial charge in [0.05, 0.1) is 5.69 Å². The number of aromatic amines is 1. The highest BCUT2D eigenvalue weighted by atomic mass is 15.2. The molecule has 1 aromatic heterocycles. The molecule has 0 radical (unpaired) electrons. The van der Waals surface area contributed by atoms with Crippen molar-refractivity contribution in [3.63, 3.8) is 0 Å². The van der Waals surface area contributed by atoms with Gasteiger partial charge in [-0.1, -0.05) is 24.3 Å². The quantitative estimate of drug-likeness (QED) is 0.828. The van der Waals surface area contributed by atoms with Crippen LogP contribution in [0.5, 0.6) is 0 Å².